The van der Waals surface area contributed by atoms with Crippen molar-refractivity contribution in [2.75, 3.05) is 46.4 Å². The number of aryl methyl sites for hydroxylation is 1. The Bertz CT molecular complexity index is 471. The van der Waals surface area contributed by atoms with Crippen LogP contribution in [0.4, 0.5) is 0 Å². The van der Waals surface area contributed by atoms with Crippen LogP contribution in [0.25, 0.3) is 0 Å². The number of nitrogens with one attached hydrogen (secondary N) is 1. The van der Waals surface area contributed by atoms with Crippen molar-refractivity contribution < 1.29 is 4.74 Å². The molecule has 2 heterocycles. The van der Waals surface area contributed by atoms with Gasteiger partial charge in [-0.1, -0.05) is 12.1 Å². The first-order valence-electron chi connectivity index (χ1n) is 8.07. The van der Waals surface area contributed by atoms with E-state index in [4.69, 9.17) is 4.74 Å². The molecule has 1 aromatic carbocycles. The molecule has 116 valence electrons. The number of ether oxygens (including phenoxy) is 1. The van der Waals surface area contributed by atoms with Crippen LogP contribution < -0.4 is 10.1 Å². The van der Waals surface area contributed by atoms with Gasteiger partial charge in [0, 0.05) is 51.9 Å². The summed E-state index contributed by atoms with van der Waals surface area (Å²) in [7, 11) is 1.75. The number of rotatable bonds is 4. The molecule has 0 bridgehead atoms. The molecule has 1 unspecified atom stereocenters. The summed E-state index contributed by atoms with van der Waals surface area (Å²) in [6.07, 6.45) is 1.31. The molecule has 0 aromatic heterocycles. The largest absolute Gasteiger partial charge is 0.496 e. The Balaban J connectivity index is 1.56. The highest BCUT2D eigenvalue weighted by Crippen LogP contribution is 2.22. The first kappa shape index (κ1) is 14.8. The maximum atomic E-state index is 5.43. The van der Waals surface area contributed by atoms with E-state index in [0.29, 0.717) is 0 Å². The summed E-state index contributed by atoms with van der Waals surface area (Å²) in [5.74, 6) is 1.00. The third-order valence-corrected chi connectivity index (χ3v) is 4.79. The van der Waals surface area contributed by atoms with Crippen LogP contribution in [0, 0.1) is 6.92 Å². The van der Waals surface area contributed by atoms with Crippen LogP contribution in [0.15, 0.2) is 18.2 Å². The predicted octanol–water partition coefficient (Wildman–Crippen LogP) is 1.48. The Kier molecular flexibility index (Phi) is 4.78. The molecule has 2 aliphatic heterocycles. The lowest BCUT2D eigenvalue weighted by Crippen LogP contribution is -2.49. The average Bonchev–Trinajstić information content (AvgIpc) is 2.98. The topological polar surface area (TPSA) is 27.7 Å². The molecule has 1 N–H and O–H groups in total. The Morgan fingerprint density at radius 2 is 2.05 bits per heavy atom. The van der Waals surface area contributed by atoms with Crippen LogP contribution in [0.3, 0.4) is 0 Å². The van der Waals surface area contributed by atoms with Gasteiger partial charge in [-0.3, -0.25) is 9.80 Å². The lowest BCUT2D eigenvalue weighted by molar-refractivity contribution is 0.170. The number of hydrogen-bond donors (Lipinski definition) is 1. The first-order valence-corrected chi connectivity index (χ1v) is 8.07. The minimum Gasteiger partial charge on any atom is -0.496 e. The van der Waals surface area contributed by atoms with Crippen LogP contribution in [0.1, 0.15) is 17.5 Å². The standard InChI is InChI=1S/C17H27N3O/c1-14-3-4-15(11-17(14)21-2)12-19-8-5-16(13-19)20-9-6-18-7-10-20/h3-4,11,16,18H,5-10,12-13H2,1-2H3. The minimum absolute atomic E-state index is 0.749. The van der Waals surface area contributed by atoms with E-state index in [9.17, 15) is 0 Å². The fraction of sp³-hybridized carbons (Fsp3) is 0.647. The second-order valence-electron chi connectivity index (χ2n) is 6.27. The molecule has 21 heavy (non-hydrogen) atoms. The molecule has 2 aliphatic rings. The smallest absolute Gasteiger partial charge is 0.122 e. The first-order chi connectivity index (χ1) is 10.3. The molecule has 2 fully saturated rings. The van der Waals surface area contributed by atoms with Crippen molar-refractivity contribution in [3.63, 3.8) is 0 Å². The Labute approximate surface area is 128 Å². The zero-order valence-corrected chi connectivity index (χ0v) is 13.3. The molecule has 3 rings (SSSR count). The van der Waals surface area contributed by atoms with E-state index in [1.807, 2.05) is 0 Å². The van der Waals surface area contributed by atoms with Crippen LogP contribution >= 0.6 is 0 Å². The van der Waals surface area contributed by atoms with Gasteiger partial charge in [-0.05, 0) is 30.5 Å². The molecule has 4 nitrogen and oxygen atoms in total. The normalized spacial score (nSPS) is 24.4. The summed E-state index contributed by atoms with van der Waals surface area (Å²) in [5, 5.41) is 3.44. The lowest BCUT2D eigenvalue weighted by Gasteiger charge is -2.32. The van der Waals surface area contributed by atoms with Crippen LogP contribution in [0.2, 0.25) is 0 Å². The predicted molar refractivity (Wildman–Crippen MR) is 85.9 cm³/mol. The van der Waals surface area contributed by atoms with E-state index in [1.165, 1.54) is 43.7 Å². The van der Waals surface area contributed by atoms with Gasteiger partial charge in [-0.25, -0.2) is 0 Å². The lowest BCUT2D eigenvalue weighted by atomic mass is 10.1. The number of piperazine rings is 1. The van der Waals surface area contributed by atoms with E-state index in [-0.39, 0.29) is 0 Å². The molecule has 2 saturated heterocycles. The quantitative estimate of drug-likeness (QED) is 0.909. The van der Waals surface area contributed by atoms with Crippen LogP contribution in [-0.4, -0.2) is 62.2 Å². The summed E-state index contributed by atoms with van der Waals surface area (Å²) < 4.78 is 5.43. The number of nitrogens with zero attached hydrogens (tertiary/aromatic N) is 2. The molecule has 0 radical (unpaired) electrons. The zero-order chi connectivity index (χ0) is 14.7. The molecule has 4 heteroatoms. The monoisotopic (exact) mass is 289 g/mol. The summed E-state index contributed by atoms with van der Waals surface area (Å²) >= 11 is 0. The molecule has 0 spiro atoms. The summed E-state index contributed by atoms with van der Waals surface area (Å²) in [6, 6.07) is 7.33. The van der Waals surface area contributed by atoms with Crippen molar-refractivity contribution in [2.45, 2.75) is 25.9 Å². The van der Waals surface area contributed by atoms with Crippen LogP contribution in [-0.2, 0) is 6.54 Å². The van der Waals surface area contributed by atoms with Gasteiger partial charge in [0.15, 0.2) is 0 Å². The van der Waals surface area contributed by atoms with Gasteiger partial charge in [0.05, 0.1) is 7.11 Å². The van der Waals surface area contributed by atoms with Gasteiger partial charge in [0.2, 0.25) is 0 Å². The highest BCUT2D eigenvalue weighted by atomic mass is 16.5. The molecular weight excluding hydrogens is 262 g/mol. The maximum Gasteiger partial charge on any atom is 0.122 e. The minimum atomic E-state index is 0.749. The summed E-state index contributed by atoms with van der Waals surface area (Å²) in [6.45, 7) is 10.3. The van der Waals surface area contributed by atoms with Crippen molar-refractivity contribution in [2.24, 2.45) is 0 Å². The second kappa shape index (κ2) is 6.77. The van der Waals surface area contributed by atoms with Crippen LogP contribution in [0.5, 0.6) is 5.75 Å². The highest BCUT2D eigenvalue weighted by Gasteiger charge is 2.28. The molecule has 0 saturated carbocycles. The van der Waals surface area contributed by atoms with E-state index >= 15 is 0 Å². The average molecular weight is 289 g/mol. The molecule has 0 aliphatic carbocycles. The zero-order valence-electron chi connectivity index (χ0n) is 13.3. The van der Waals surface area contributed by atoms with Gasteiger partial charge in [-0.15, -0.1) is 0 Å². The molecule has 0 amide bonds. The third kappa shape index (κ3) is 3.57. The SMILES string of the molecule is COc1cc(CN2CCC(N3CCNCC3)C2)ccc1C. The van der Waals surface area contributed by atoms with Gasteiger partial charge in [0.25, 0.3) is 0 Å². The van der Waals surface area contributed by atoms with E-state index in [1.54, 1.807) is 7.11 Å². The van der Waals surface area contributed by atoms with Gasteiger partial charge >= 0.3 is 0 Å². The van der Waals surface area contributed by atoms with E-state index in [2.05, 4.69) is 40.2 Å². The highest BCUT2D eigenvalue weighted by molar-refractivity contribution is 5.36. The van der Waals surface area contributed by atoms with Crippen molar-refractivity contribution >= 4 is 0 Å². The Morgan fingerprint density at radius 1 is 1.24 bits per heavy atom. The fourth-order valence-corrected chi connectivity index (χ4v) is 3.52. The van der Waals surface area contributed by atoms with E-state index in [0.717, 1.165) is 31.4 Å². The summed E-state index contributed by atoms with van der Waals surface area (Å²) in [4.78, 5) is 5.24. The summed E-state index contributed by atoms with van der Waals surface area (Å²) in [5.41, 5.74) is 2.57. The van der Waals surface area contributed by atoms with Crippen molar-refractivity contribution in [3.8, 4) is 5.75 Å². The maximum absolute atomic E-state index is 5.43. The van der Waals surface area contributed by atoms with Gasteiger partial charge in [0.1, 0.15) is 5.75 Å². The Hall–Kier alpha value is -1.10. The number of benzene rings is 1. The van der Waals surface area contributed by atoms with Crippen molar-refractivity contribution in [1.82, 2.24) is 15.1 Å². The van der Waals surface area contributed by atoms with E-state index < -0.39 is 0 Å². The number of hydrogen-bond acceptors (Lipinski definition) is 4. The van der Waals surface area contributed by atoms with Crippen molar-refractivity contribution in [3.05, 3.63) is 29.3 Å². The third-order valence-electron chi connectivity index (χ3n) is 4.79. The Morgan fingerprint density at radius 3 is 2.81 bits per heavy atom. The van der Waals surface area contributed by atoms with Gasteiger partial charge < -0.3 is 10.1 Å². The molecule has 1 aromatic rings. The van der Waals surface area contributed by atoms with Crippen molar-refractivity contribution in [1.29, 1.82) is 0 Å². The molecular formula is C17H27N3O. The fourth-order valence-electron chi connectivity index (χ4n) is 3.52. The number of methoxy groups -OCH3 is 1. The molecule has 1 atom stereocenters. The van der Waals surface area contributed by atoms with Gasteiger partial charge in [-0.2, -0.15) is 0 Å². The number of likely N-dealkylation sites (tertiary alicyclic amines) is 1. The second-order valence-corrected chi connectivity index (χ2v) is 6.27.